The minimum atomic E-state index is -4.37. The largest absolute Gasteiger partial charge is 0.497 e. The van der Waals surface area contributed by atoms with Gasteiger partial charge in [0.25, 0.3) is 5.69 Å². The Labute approximate surface area is 291 Å². The van der Waals surface area contributed by atoms with Gasteiger partial charge in [-0.1, -0.05) is 12.1 Å². The lowest BCUT2D eigenvalue weighted by molar-refractivity contribution is -0.384. The van der Waals surface area contributed by atoms with Crippen molar-refractivity contribution in [1.29, 1.82) is 0 Å². The van der Waals surface area contributed by atoms with Crippen LogP contribution in [0.5, 0.6) is 17.2 Å². The summed E-state index contributed by atoms with van der Waals surface area (Å²) in [5.74, 6) is 1.25. The minimum absolute atomic E-state index is 0.0776. The summed E-state index contributed by atoms with van der Waals surface area (Å²) in [6.07, 6.45) is -0.0837. The number of nitrogens with zero attached hydrogens (tertiary/aromatic N) is 2. The number of nitro benzene ring substituents is 1. The molecule has 1 atom stereocenters. The molecule has 18 heteroatoms. The second-order valence-electron chi connectivity index (χ2n) is 10.7. The van der Waals surface area contributed by atoms with Gasteiger partial charge in [-0.05, 0) is 84.8 Å². The van der Waals surface area contributed by atoms with Crippen LogP contribution < -0.4 is 23.7 Å². The highest BCUT2D eigenvalue weighted by Gasteiger charge is 2.30. The van der Waals surface area contributed by atoms with E-state index in [1.54, 1.807) is 0 Å². The van der Waals surface area contributed by atoms with E-state index in [-0.39, 0.29) is 33.3 Å². The van der Waals surface area contributed by atoms with Gasteiger partial charge < -0.3 is 14.2 Å². The maximum atomic E-state index is 14.1. The number of ether oxygens (including phenoxy) is 3. The standard InChI is InChI=1S/C32H36N4O11S3/c1-45-27-8-14-30(15-9-27)48(39,40)33-20-21-35(50(43,44)32-18-12-29(47-3)13-19-32)23-25(22-24-4-6-26(7-5-24)36(37)38)34-49(41,42)31-16-10-28(46-2)11-17-31/h4-19,25,33-34H,20-23H2,1-3H3. The van der Waals surface area contributed by atoms with E-state index < -0.39 is 54.1 Å². The van der Waals surface area contributed by atoms with Gasteiger partial charge in [-0.2, -0.15) is 4.31 Å². The lowest BCUT2D eigenvalue weighted by atomic mass is 10.1. The van der Waals surface area contributed by atoms with E-state index in [9.17, 15) is 35.4 Å². The van der Waals surface area contributed by atoms with Gasteiger partial charge >= 0.3 is 0 Å². The third-order valence-electron chi connectivity index (χ3n) is 7.47. The molecular weight excluding hydrogens is 713 g/mol. The highest BCUT2D eigenvalue weighted by Crippen LogP contribution is 2.23. The van der Waals surface area contributed by atoms with Gasteiger partial charge in [0.2, 0.25) is 30.1 Å². The third-order valence-corrected chi connectivity index (χ3v) is 12.4. The van der Waals surface area contributed by atoms with Crippen molar-refractivity contribution >= 4 is 35.8 Å². The van der Waals surface area contributed by atoms with E-state index in [0.29, 0.717) is 22.8 Å². The number of nitro groups is 1. The highest BCUT2D eigenvalue weighted by molar-refractivity contribution is 7.90. The first-order valence-corrected chi connectivity index (χ1v) is 19.3. The second-order valence-corrected chi connectivity index (χ2v) is 16.2. The van der Waals surface area contributed by atoms with Crippen molar-refractivity contribution < 1.29 is 44.4 Å². The fourth-order valence-corrected chi connectivity index (χ4v) is 8.55. The van der Waals surface area contributed by atoms with Gasteiger partial charge in [0.05, 0.1) is 40.9 Å². The summed E-state index contributed by atoms with van der Waals surface area (Å²) in [6.45, 7) is -1.23. The monoisotopic (exact) mass is 748 g/mol. The predicted octanol–water partition coefficient (Wildman–Crippen LogP) is 3.18. The first-order valence-electron chi connectivity index (χ1n) is 14.9. The van der Waals surface area contributed by atoms with Crippen LogP contribution in [0.2, 0.25) is 0 Å². The smallest absolute Gasteiger partial charge is 0.269 e. The summed E-state index contributed by atoms with van der Waals surface area (Å²) in [4.78, 5) is 10.3. The molecule has 4 rings (SSSR count). The number of hydrogen-bond acceptors (Lipinski definition) is 11. The van der Waals surface area contributed by atoms with E-state index >= 15 is 0 Å². The van der Waals surface area contributed by atoms with E-state index in [1.165, 1.54) is 118 Å². The van der Waals surface area contributed by atoms with Crippen LogP contribution in [0.4, 0.5) is 5.69 Å². The zero-order chi connectivity index (χ0) is 36.5. The lowest BCUT2D eigenvalue weighted by Crippen LogP contribution is -2.48. The average Bonchev–Trinajstić information content (AvgIpc) is 3.11. The Balaban J connectivity index is 1.68. The predicted molar refractivity (Wildman–Crippen MR) is 184 cm³/mol. The molecule has 0 heterocycles. The molecule has 0 aliphatic carbocycles. The Bertz CT molecular complexity index is 2080. The van der Waals surface area contributed by atoms with Gasteiger partial charge in [-0.15, -0.1) is 0 Å². The van der Waals surface area contributed by atoms with Crippen LogP contribution >= 0.6 is 0 Å². The number of hydrogen-bond donors (Lipinski definition) is 2. The van der Waals surface area contributed by atoms with Crippen molar-refractivity contribution in [2.24, 2.45) is 0 Å². The maximum Gasteiger partial charge on any atom is 0.269 e. The Hall–Kier alpha value is -4.59. The van der Waals surface area contributed by atoms with Gasteiger partial charge in [0.15, 0.2) is 0 Å². The molecule has 2 N–H and O–H groups in total. The van der Waals surface area contributed by atoms with Crippen LogP contribution in [-0.2, 0) is 36.5 Å². The molecule has 15 nitrogen and oxygen atoms in total. The Morgan fingerprint density at radius 3 is 1.54 bits per heavy atom. The fourth-order valence-electron chi connectivity index (χ4n) is 4.82. The van der Waals surface area contributed by atoms with E-state index in [1.807, 2.05) is 0 Å². The topological polar surface area (TPSA) is 201 Å². The molecule has 0 aliphatic rings. The summed E-state index contributed by atoms with van der Waals surface area (Å²) >= 11 is 0. The Morgan fingerprint density at radius 1 is 0.660 bits per heavy atom. The first kappa shape index (κ1) is 38.2. The van der Waals surface area contributed by atoms with Crippen LogP contribution in [0.15, 0.2) is 112 Å². The Morgan fingerprint density at radius 2 is 1.10 bits per heavy atom. The molecular formula is C32H36N4O11S3. The fraction of sp³-hybridized carbons (Fsp3) is 0.250. The van der Waals surface area contributed by atoms with Crippen LogP contribution in [0, 0.1) is 10.1 Å². The molecule has 0 fully saturated rings. The van der Waals surface area contributed by atoms with Crippen LogP contribution in [0.3, 0.4) is 0 Å². The number of benzene rings is 4. The van der Waals surface area contributed by atoms with Crippen molar-refractivity contribution in [3.63, 3.8) is 0 Å². The number of nitrogens with one attached hydrogen (secondary N) is 2. The zero-order valence-corrected chi connectivity index (χ0v) is 29.7. The number of sulfonamides is 3. The molecule has 0 aromatic heterocycles. The lowest BCUT2D eigenvalue weighted by Gasteiger charge is -2.28. The average molecular weight is 749 g/mol. The van der Waals surface area contributed by atoms with Gasteiger partial charge in [0.1, 0.15) is 17.2 Å². The number of methoxy groups -OCH3 is 3. The summed E-state index contributed by atoms with van der Waals surface area (Å²) in [6, 6.07) is 20.9. The molecule has 0 spiro atoms. The minimum Gasteiger partial charge on any atom is -0.497 e. The molecule has 4 aromatic carbocycles. The molecule has 4 aromatic rings. The van der Waals surface area contributed by atoms with Crippen LogP contribution in [0.1, 0.15) is 5.56 Å². The van der Waals surface area contributed by atoms with E-state index in [0.717, 1.165) is 4.31 Å². The molecule has 50 heavy (non-hydrogen) atoms. The third kappa shape index (κ3) is 9.77. The van der Waals surface area contributed by atoms with Crippen LogP contribution in [-0.4, -0.2) is 81.5 Å². The van der Waals surface area contributed by atoms with Crippen molar-refractivity contribution in [3.8, 4) is 17.2 Å². The van der Waals surface area contributed by atoms with Gasteiger partial charge in [-0.25, -0.2) is 34.7 Å². The Kier molecular flexibility index (Phi) is 12.5. The molecule has 0 bridgehead atoms. The maximum absolute atomic E-state index is 14.1. The summed E-state index contributed by atoms with van der Waals surface area (Å²) in [7, 11) is -8.41. The summed E-state index contributed by atoms with van der Waals surface area (Å²) in [5, 5.41) is 11.2. The van der Waals surface area contributed by atoms with E-state index in [2.05, 4.69) is 9.44 Å². The quantitative estimate of drug-likeness (QED) is 0.112. The van der Waals surface area contributed by atoms with Gasteiger partial charge in [-0.3, -0.25) is 10.1 Å². The molecule has 1 unspecified atom stereocenters. The molecule has 0 amide bonds. The second kappa shape index (κ2) is 16.4. The summed E-state index contributed by atoms with van der Waals surface area (Å²) < 4.78 is 103. The SMILES string of the molecule is COc1ccc(S(=O)(=O)NCCN(CC(Cc2ccc([N+](=O)[O-])cc2)NS(=O)(=O)c2ccc(OC)cc2)S(=O)(=O)c2ccc(OC)cc2)cc1. The van der Waals surface area contributed by atoms with Crippen molar-refractivity contribution in [1.82, 2.24) is 13.7 Å². The molecule has 0 saturated heterocycles. The normalized spacial score (nSPS) is 12.7. The van der Waals surface area contributed by atoms with Gasteiger partial charge in [0, 0.05) is 37.8 Å². The van der Waals surface area contributed by atoms with Crippen LogP contribution in [0.25, 0.3) is 0 Å². The number of non-ortho nitro benzene ring substituents is 1. The molecule has 0 aliphatic heterocycles. The van der Waals surface area contributed by atoms with Crippen molar-refractivity contribution in [2.45, 2.75) is 27.1 Å². The zero-order valence-electron chi connectivity index (χ0n) is 27.3. The number of rotatable bonds is 18. The molecule has 268 valence electrons. The highest BCUT2D eigenvalue weighted by atomic mass is 32.2. The van der Waals surface area contributed by atoms with Crippen molar-refractivity contribution in [3.05, 3.63) is 113 Å². The molecule has 0 radical (unpaired) electrons. The summed E-state index contributed by atoms with van der Waals surface area (Å²) in [5.41, 5.74) is 0.289. The van der Waals surface area contributed by atoms with Crippen molar-refractivity contribution in [2.75, 3.05) is 41.0 Å². The molecule has 0 saturated carbocycles. The first-order chi connectivity index (χ1) is 23.7. The van der Waals surface area contributed by atoms with E-state index in [4.69, 9.17) is 14.2 Å².